The lowest BCUT2D eigenvalue weighted by Crippen LogP contribution is -2.34. The molecule has 0 bridgehead atoms. The first-order valence-electron chi connectivity index (χ1n) is 10.3. The summed E-state index contributed by atoms with van der Waals surface area (Å²) in [5, 5.41) is 12.3. The van der Waals surface area contributed by atoms with E-state index in [0.717, 1.165) is 6.92 Å². The maximum absolute atomic E-state index is 13.6. The molecule has 1 unspecified atom stereocenters. The van der Waals surface area contributed by atoms with E-state index in [1.807, 2.05) is 20.8 Å². The molecule has 3 atom stereocenters. The van der Waals surface area contributed by atoms with E-state index in [1.54, 1.807) is 6.07 Å². The fourth-order valence-corrected chi connectivity index (χ4v) is 3.98. The van der Waals surface area contributed by atoms with E-state index in [-0.39, 0.29) is 22.7 Å². The molecule has 0 fully saturated rings. The first-order valence-corrected chi connectivity index (χ1v) is 11.0. The number of nitrogens with one attached hydrogen (secondary N) is 1. The average molecular weight is 504 g/mol. The number of hydrogen-bond donors (Lipinski definition) is 2. The maximum atomic E-state index is 13.6. The molecule has 9 heteroatoms. The summed E-state index contributed by atoms with van der Waals surface area (Å²) >= 11 is 12.1. The molecule has 0 aromatic heterocycles. The number of halogens is 5. The Morgan fingerprint density at radius 2 is 1.55 bits per heavy atom. The molecule has 0 aliphatic carbocycles. The van der Waals surface area contributed by atoms with E-state index in [0.29, 0.717) is 10.6 Å². The Kier molecular flexibility index (Phi) is 8.47. The van der Waals surface area contributed by atoms with Crippen LogP contribution in [-0.4, -0.2) is 23.2 Å². The molecular formula is C24H26Cl2F3NO3. The lowest BCUT2D eigenvalue weighted by molar-refractivity contribution is -0.178. The van der Waals surface area contributed by atoms with Gasteiger partial charge in [0.25, 0.3) is 0 Å². The quantitative estimate of drug-likeness (QED) is 0.410. The number of rotatable bonds is 7. The number of benzene rings is 2. The first kappa shape index (κ1) is 27.0. The minimum Gasteiger partial charge on any atom is -0.481 e. The third-order valence-electron chi connectivity index (χ3n) is 5.60. The van der Waals surface area contributed by atoms with Crippen LogP contribution in [0.2, 0.25) is 10.0 Å². The van der Waals surface area contributed by atoms with Gasteiger partial charge in [0.15, 0.2) is 0 Å². The summed E-state index contributed by atoms with van der Waals surface area (Å²) in [4.78, 5) is 24.5. The van der Waals surface area contributed by atoms with Crippen molar-refractivity contribution in [3.8, 4) is 0 Å². The number of carbonyl (C=O) groups is 2. The molecule has 2 rings (SSSR count). The summed E-state index contributed by atoms with van der Waals surface area (Å²) < 4.78 is 40.7. The van der Waals surface area contributed by atoms with E-state index < -0.39 is 41.2 Å². The van der Waals surface area contributed by atoms with Gasteiger partial charge in [-0.1, -0.05) is 69.1 Å². The Bertz CT molecular complexity index is 1000. The molecule has 0 spiro atoms. The van der Waals surface area contributed by atoms with Crippen LogP contribution < -0.4 is 5.32 Å². The third-order valence-corrected chi connectivity index (χ3v) is 6.18. The smallest absolute Gasteiger partial charge is 0.392 e. The SMILES string of the molecule is C[C@H]([C@H](C(=O)Nc1cc(C(CC(=O)O)C(C)(C)C)ccc1Cl)c1ccc(Cl)cc1)C(F)(F)F. The highest BCUT2D eigenvalue weighted by Gasteiger charge is 2.45. The molecule has 0 heterocycles. The molecule has 0 aliphatic heterocycles. The summed E-state index contributed by atoms with van der Waals surface area (Å²) in [6.07, 6.45) is -4.77. The number of carboxylic acids is 1. The van der Waals surface area contributed by atoms with Crippen LogP contribution in [0.5, 0.6) is 0 Å². The van der Waals surface area contributed by atoms with E-state index in [2.05, 4.69) is 5.32 Å². The Labute approximate surface area is 201 Å². The lowest BCUT2D eigenvalue weighted by atomic mass is 9.74. The fourth-order valence-electron chi connectivity index (χ4n) is 3.69. The molecular weight excluding hydrogens is 478 g/mol. The predicted molar refractivity (Wildman–Crippen MR) is 124 cm³/mol. The second kappa shape index (κ2) is 10.3. The summed E-state index contributed by atoms with van der Waals surface area (Å²) in [5.41, 5.74) is 0.459. The molecule has 0 radical (unpaired) electrons. The number of amides is 1. The van der Waals surface area contributed by atoms with Crippen LogP contribution in [-0.2, 0) is 9.59 Å². The molecule has 1 amide bonds. The van der Waals surface area contributed by atoms with Gasteiger partial charge in [0.1, 0.15) is 0 Å². The highest BCUT2D eigenvalue weighted by molar-refractivity contribution is 6.33. The number of carboxylic acid groups (broad SMARTS) is 1. The van der Waals surface area contributed by atoms with Crippen LogP contribution in [0.25, 0.3) is 0 Å². The number of carbonyl (C=O) groups excluding carboxylic acids is 1. The van der Waals surface area contributed by atoms with Gasteiger partial charge >= 0.3 is 12.1 Å². The van der Waals surface area contributed by atoms with E-state index in [1.165, 1.54) is 36.4 Å². The van der Waals surface area contributed by atoms with E-state index in [9.17, 15) is 27.9 Å². The van der Waals surface area contributed by atoms with Gasteiger partial charge < -0.3 is 10.4 Å². The van der Waals surface area contributed by atoms with Crippen molar-refractivity contribution in [1.82, 2.24) is 0 Å². The monoisotopic (exact) mass is 503 g/mol. The van der Waals surface area contributed by atoms with Crippen LogP contribution in [0.1, 0.15) is 57.1 Å². The normalized spacial score (nSPS) is 14.9. The van der Waals surface area contributed by atoms with Crippen molar-refractivity contribution in [1.29, 1.82) is 0 Å². The second-order valence-corrected chi connectivity index (χ2v) is 9.95. The highest BCUT2D eigenvalue weighted by atomic mass is 35.5. The highest BCUT2D eigenvalue weighted by Crippen LogP contribution is 2.41. The van der Waals surface area contributed by atoms with E-state index in [4.69, 9.17) is 23.2 Å². The van der Waals surface area contributed by atoms with Gasteiger partial charge in [-0.2, -0.15) is 13.2 Å². The van der Waals surface area contributed by atoms with Gasteiger partial charge in [0.2, 0.25) is 5.91 Å². The molecule has 33 heavy (non-hydrogen) atoms. The number of anilines is 1. The molecule has 2 aromatic carbocycles. The van der Waals surface area contributed by atoms with Crippen LogP contribution in [0.3, 0.4) is 0 Å². The Morgan fingerprint density at radius 1 is 1.00 bits per heavy atom. The first-order chi connectivity index (χ1) is 15.1. The van der Waals surface area contributed by atoms with Crippen molar-refractivity contribution in [2.24, 2.45) is 11.3 Å². The second-order valence-electron chi connectivity index (χ2n) is 9.10. The van der Waals surface area contributed by atoms with Crippen molar-refractivity contribution in [2.75, 3.05) is 5.32 Å². The standard InChI is InChI=1S/C24H26Cl2F3NO3/c1-13(24(27,28)29)21(14-5-8-16(25)9-6-14)22(33)30-19-11-15(7-10-18(19)26)17(12-20(31)32)23(2,3)4/h5-11,13,17,21H,12H2,1-4H3,(H,30,33)(H,31,32)/t13-,17?,21+/m1/s1. The van der Waals surface area contributed by atoms with E-state index >= 15 is 0 Å². The minimum atomic E-state index is -4.62. The zero-order chi connectivity index (χ0) is 25.1. The summed E-state index contributed by atoms with van der Waals surface area (Å²) in [6.45, 7) is 6.60. The van der Waals surface area contributed by atoms with Gasteiger partial charge in [0.05, 0.1) is 29.0 Å². The Hall–Kier alpha value is -2.25. The molecule has 0 saturated carbocycles. The largest absolute Gasteiger partial charge is 0.481 e. The molecule has 0 saturated heterocycles. The number of hydrogen-bond acceptors (Lipinski definition) is 2. The molecule has 2 N–H and O–H groups in total. The summed E-state index contributed by atoms with van der Waals surface area (Å²) in [7, 11) is 0. The van der Waals surface area contributed by atoms with Gasteiger partial charge in [-0.3, -0.25) is 9.59 Å². The predicted octanol–water partition coefficient (Wildman–Crippen LogP) is 7.52. The van der Waals surface area contributed by atoms with Crippen LogP contribution in [0.15, 0.2) is 42.5 Å². The van der Waals surface area contributed by atoms with Gasteiger partial charge in [-0.25, -0.2) is 0 Å². The number of aliphatic carboxylic acids is 1. The summed E-state index contributed by atoms with van der Waals surface area (Å²) in [6, 6.07) is 10.3. The van der Waals surface area contributed by atoms with Crippen molar-refractivity contribution in [3.63, 3.8) is 0 Å². The zero-order valence-corrected chi connectivity index (χ0v) is 20.1. The lowest BCUT2D eigenvalue weighted by Gasteiger charge is -2.30. The Balaban J connectivity index is 2.46. The molecule has 0 aliphatic rings. The topological polar surface area (TPSA) is 66.4 Å². The van der Waals surface area contributed by atoms with Gasteiger partial charge in [-0.05, 0) is 46.7 Å². The molecule has 180 valence electrons. The van der Waals surface area contributed by atoms with Crippen LogP contribution in [0, 0.1) is 11.3 Å². The molecule has 2 aromatic rings. The van der Waals surface area contributed by atoms with Crippen molar-refractivity contribution < 1.29 is 27.9 Å². The third kappa shape index (κ3) is 7.11. The van der Waals surface area contributed by atoms with Crippen molar-refractivity contribution in [2.45, 2.75) is 52.1 Å². The van der Waals surface area contributed by atoms with Crippen molar-refractivity contribution >= 4 is 40.8 Å². The zero-order valence-electron chi connectivity index (χ0n) is 18.6. The fraction of sp³-hybridized carbons (Fsp3) is 0.417. The summed E-state index contributed by atoms with van der Waals surface area (Å²) in [5.74, 6) is -5.80. The van der Waals surface area contributed by atoms with Crippen molar-refractivity contribution in [3.05, 3.63) is 63.6 Å². The van der Waals surface area contributed by atoms with Gasteiger partial charge in [-0.15, -0.1) is 0 Å². The maximum Gasteiger partial charge on any atom is 0.392 e. The average Bonchev–Trinajstić information content (AvgIpc) is 2.68. The van der Waals surface area contributed by atoms with Crippen LogP contribution >= 0.6 is 23.2 Å². The molecule has 4 nitrogen and oxygen atoms in total. The minimum absolute atomic E-state index is 0.118. The Morgan fingerprint density at radius 3 is 2.03 bits per heavy atom. The number of alkyl halides is 3. The van der Waals surface area contributed by atoms with Crippen LogP contribution in [0.4, 0.5) is 18.9 Å². The van der Waals surface area contributed by atoms with Gasteiger partial charge in [0, 0.05) is 5.02 Å².